The van der Waals surface area contributed by atoms with E-state index in [0.717, 1.165) is 11.3 Å². The molecule has 1 aliphatic rings. The molecule has 1 unspecified atom stereocenters. The Balaban J connectivity index is 2.24. The quantitative estimate of drug-likeness (QED) is 0.389. The van der Waals surface area contributed by atoms with Crippen molar-refractivity contribution in [3.05, 3.63) is 33.9 Å². The van der Waals surface area contributed by atoms with Crippen LogP contribution in [0.25, 0.3) is 0 Å². The highest BCUT2D eigenvalue weighted by molar-refractivity contribution is 8.00. The maximum Gasteiger partial charge on any atom is 0.492 e. The normalized spacial score (nSPS) is 18.2. The summed E-state index contributed by atoms with van der Waals surface area (Å²) in [5.74, 6) is 0. The Hall–Kier alpha value is -1.05. The number of nitro groups is 1. The minimum atomic E-state index is -1.07. The molecule has 5 nitrogen and oxygen atoms in total. The van der Waals surface area contributed by atoms with Gasteiger partial charge in [0.2, 0.25) is 6.54 Å². The fraction of sp³-hybridized carbons (Fsp3) is 0.538. The van der Waals surface area contributed by atoms with Crippen molar-refractivity contribution in [2.24, 2.45) is 0 Å². The average molecular weight is 295 g/mol. The van der Waals surface area contributed by atoms with Crippen LogP contribution < -0.4 is 5.46 Å². The second kappa shape index (κ2) is 5.75. The van der Waals surface area contributed by atoms with Crippen molar-refractivity contribution in [2.45, 2.75) is 42.9 Å². The predicted octanol–water partition coefficient (Wildman–Crippen LogP) is 2.00. The van der Waals surface area contributed by atoms with Crippen LogP contribution >= 0.6 is 11.8 Å². The molecule has 0 saturated carbocycles. The Morgan fingerprint density at radius 2 is 2.25 bits per heavy atom. The number of thioether (sulfide) groups is 1. The minimum Gasteiger partial charge on any atom is -0.423 e. The number of hydrogen-bond donors (Lipinski definition) is 1. The zero-order valence-corrected chi connectivity index (χ0v) is 12.6. The fourth-order valence-corrected chi connectivity index (χ4v) is 3.20. The van der Waals surface area contributed by atoms with Gasteiger partial charge in [-0.2, -0.15) is 0 Å². The molecule has 1 heterocycles. The van der Waals surface area contributed by atoms with Crippen molar-refractivity contribution in [1.29, 1.82) is 0 Å². The maximum atomic E-state index is 10.6. The van der Waals surface area contributed by atoms with Crippen LogP contribution in [0.1, 0.15) is 38.9 Å². The van der Waals surface area contributed by atoms with E-state index in [1.54, 1.807) is 11.8 Å². The van der Waals surface area contributed by atoms with E-state index in [1.807, 2.05) is 18.2 Å². The summed E-state index contributed by atoms with van der Waals surface area (Å²) in [5.41, 5.74) is 1.36. The molecule has 0 aromatic heterocycles. The Kier molecular flexibility index (Phi) is 4.41. The van der Waals surface area contributed by atoms with Crippen molar-refractivity contribution in [1.82, 2.24) is 0 Å². The largest absolute Gasteiger partial charge is 0.492 e. The Labute approximate surface area is 123 Å². The topological polar surface area (TPSA) is 72.6 Å². The van der Waals surface area contributed by atoms with Crippen LogP contribution in [0.3, 0.4) is 0 Å². The third-order valence-electron chi connectivity index (χ3n) is 3.52. The molecule has 20 heavy (non-hydrogen) atoms. The average Bonchev–Trinajstić information content (AvgIpc) is 2.65. The monoisotopic (exact) mass is 295 g/mol. The second-order valence-electron chi connectivity index (χ2n) is 5.50. The van der Waals surface area contributed by atoms with Crippen molar-refractivity contribution < 1.29 is 14.6 Å². The van der Waals surface area contributed by atoms with E-state index < -0.39 is 18.1 Å². The van der Waals surface area contributed by atoms with E-state index >= 15 is 0 Å². The molecule has 7 heteroatoms. The Bertz CT molecular complexity index is 523. The molecule has 108 valence electrons. The van der Waals surface area contributed by atoms with Crippen LogP contribution in [0, 0.1) is 10.1 Å². The lowest BCUT2D eigenvalue weighted by Crippen LogP contribution is -2.28. The molecule has 1 aliphatic heterocycles. The van der Waals surface area contributed by atoms with Crippen LogP contribution in [0.15, 0.2) is 23.1 Å². The van der Waals surface area contributed by atoms with Gasteiger partial charge in [-0.3, -0.25) is 10.1 Å². The summed E-state index contributed by atoms with van der Waals surface area (Å²) in [7, 11) is -1.07. The van der Waals surface area contributed by atoms with Gasteiger partial charge >= 0.3 is 7.12 Å². The lowest BCUT2D eigenvalue weighted by Gasteiger charge is -2.22. The van der Waals surface area contributed by atoms with Crippen molar-refractivity contribution in [3.63, 3.8) is 0 Å². The molecular formula is C13H18BNO4S. The molecule has 0 saturated heterocycles. The molecule has 0 bridgehead atoms. The van der Waals surface area contributed by atoms with Crippen LogP contribution in [-0.4, -0.2) is 28.4 Å². The maximum absolute atomic E-state index is 10.6. The molecule has 1 aromatic carbocycles. The summed E-state index contributed by atoms with van der Waals surface area (Å²) < 4.78 is 5.37. The van der Waals surface area contributed by atoms with Crippen LogP contribution in [0.5, 0.6) is 0 Å². The number of rotatable bonds is 5. The van der Waals surface area contributed by atoms with Crippen molar-refractivity contribution in [2.75, 3.05) is 6.54 Å². The second-order valence-corrected chi connectivity index (χ2v) is 7.28. The van der Waals surface area contributed by atoms with Crippen LogP contribution in [0.2, 0.25) is 0 Å². The number of nitrogens with zero attached hydrogens (tertiary/aromatic N) is 1. The van der Waals surface area contributed by atoms with Gasteiger partial charge in [0.1, 0.15) is 6.10 Å². The summed E-state index contributed by atoms with van der Waals surface area (Å²) in [6.07, 6.45) is 0.367. The molecular weight excluding hydrogens is 277 g/mol. The van der Waals surface area contributed by atoms with Gasteiger partial charge in [0.25, 0.3) is 0 Å². The minimum absolute atomic E-state index is 0.110. The first-order chi connectivity index (χ1) is 9.32. The third kappa shape index (κ3) is 3.34. The van der Waals surface area contributed by atoms with Crippen molar-refractivity contribution >= 4 is 24.3 Å². The van der Waals surface area contributed by atoms with E-state index in [4.69, 9.17) is 4.65 Å². The van der Waals surface area contributed by atoms with E-state index in [-0.39, 0.29) is 11.3 Å². The summed E-state index contributed by atoms with van der Waals surface area (Å²) in [6, 6.07) is 5.64. The first-order valence-corrected chi connectivity index (χ1v) is 7.42. The Morgan fingerprint density at radius 1 is 1.55 bits per heavy atom. The molecule has 0 spiro atoms. The van der Waals surface area contributed by atoms with Gasteiger partial charge in [-0.1, -0.05) is 26.8 Å². The Morgan fingerprint density at radius 3 is 2.85 bits per heavy atom. The predicted molar refractivity (Wildman–Crippen MR) is 80.0 cm³/mol. The summed E-state index contributed by atoms with van der Waals surface area (Å²) in [6.45, 7) is 6.13. The number of hydrogen-bond acceptors (Lipinski definition) is 5. The zero-order chi connectivity index (χ0) is 14.9. The van der Waals surface area contributed by atoms with Crippen molar-refractivity contribution in [3.8, 4) is 0 Å². The first-order valence-electron chi connectivity index (χ1n) is 6.60. The van der Waals surface area contributed by atoms with E-state index in [1.165, 1.54) is 0 Å². The van der Waals surface area contributed by atoms with E-state index in [0.29, 0.717) is 11.0 Å². The number of fused-ring (bicyclic) bond motifs is 1. The molecule has 0 amide bonds. The van der Waals surface area contributed by atoms with E-state index in [9.17, 15) is 15.1 Å². The van der Waals surface area contributed by atoms with E-state index in [2.05, 4.69) is 20.8 Å². The molecule has 0 fully saturated rings. The molecule has 1 atom stereocenters. The van der Waals surface area contributed by atoms with Gasteiger partial charge in [-0.15, -0.1) is 11.8 Å². The highest BCUT2D eigenvalue weighted by atomic mass is 32.2. The SMILES string of the molecule is CCC(C)(C)Sc1ccc2c(c1)B(O)OC2C[N+](=O)[O-]. The number of benzene rings is 1. The summed E-state index contributed by atoms with van der Waals surface area (Å²) >= 11 is 1.73. The van der Waals surface area contributed by atoms with Gasteiger partial charge in [-0.05, 0) is 29.6 Å². The summed E-state index contributed by atoms with van der Waals surface area (Å²) in [4.78, 5) is 11.2. The standard InChI is InChI=1S/C13H18BNO4S/c1-4-13(2,3)20-9-5-6-10-11(7-9)14(16)19-12(10)8-15(17)18/h5-7,12,16H,4,8H2,1-3H3. The zero-order valence-electron chi connectivity index (χ0n) is 11.8. The molecule has 0 aliphatic carbocycles. The third-order valence-corrected chi connectivity index (χ3v) is 4.86. The molecule has 1 N–H and O–H groups in total. The van der Waals surface area contributed by atoms with Gasteiger partial charge in [0.05, 0.1) is 0 Å². The highest BCUT2D eigenvalue weighted by Gasteiger charge is 2.38. The lowest BCUT2D eigenvalue weighted by atomic mass is 9.79. The van der Waals surface area contributed by atoms with Gasteiger partial charge in [-0.25, -0.2) is 0 Å². The fourth-order valence-electron chi connectivity index (χ4n) is 2.09. The smallest absolute Gasteiger partial charge is 0.423 e. The van der Waals surface area contributed by atoms with Gasteiger partial charge in [0.15, 0.2) is 0 Å². The lowest BCUT2D eigenvalue weighted by molar-refractivity contribution is -0.490. The molecule has 0 radical (unpaired) electrons. The van der Waals surface area contributed by atoms with Crippen LogP contribution in [0.4, 0.5) is 0 Å². The highest BCUT2D eigenvalue weighted by Crippen LogP contribution is 2.36. The molecule has 1 aromatic rings. The van der Waals surface area contributed by atoms with Gasteiger partial charge in [0, 0.05) is 14.6 Å². The molecule has 2 rings (SSSR count). The van der Waals surface area contributed by atoms with Crippen LogP contribution in [-0.2, 0) is 4.65 Å². The van der Waals surface area contributed by atoms with Gasteiger partial charge < -0.3 is 9.68 Å². The first kappa shape index (κ1) is 15.3. The summed E-state index contributed by atoms with van der Waals surface area (Å²) in [5, 5.41) is 20.5.